The number of hydrogen-bond acceptors (Lipinski definition) is 5. The predicted molar refractivity (Wildman–Crippen MR) is 65.6 cm³/mol. The van der Waals surface area contributed by atoms with Crippen LogP contribution in [0.1, 0.15) is 18.9 Å². The number of nitrogen functional groups attached to an aromatic ring is 1. The van der Waals surface area contributed by atoms with Gasteiger partial charge in [0.05, 0.1) is 0 Å². The van der Waals surface area contributed by atoms with E-state index < -0.39 is 0 Å². The van der Waals surface area contributed by atoms with Crippen molar-refractivity contribution in [2.75, 3.05) is 5.73 Å². The molecule has 0 atom stereocenters. The van der Waals surface area contributed by atoms with Gasteiger partial charge in [0.25, 0.3) is 0 Å². The largest absolute Gasteiger partial charge is 0.366 e. The molecule has 0 bridgehead atoms. The fraction of sp³-hybridized carbons (Fsp3) is 0.273. The van der Waals surface area contributed by atoms with Gasteiger partial charge in [-0.25, -0.2) is 9.97 Å². The molecule has 1 saturated carbocycles. The van der Waals surface area contributed by atoms with Crippen LogP contribution in [0.25, 0.3) is 22.8 Å². The van der Waals surface area contributed by atoms with E-state index in [1.165, 1.54) is 0 Å². The lowest BCUT2D eigenvalue weighted by atomic mass is 10.4. The number of aromatic nitrogens is 6. The zero-order valence-corrected chi connectivity index (χ0v) is 9.54. The highest BCUT2D eigenvalue weighted by Gasteiger charge is 2.30. The molecule has 0 saturated heterocycles. The lowest BCUT2D eigenvalue weighted by molar-refractivity contribution is 0.760. The first kappa shape index (κ1) is 9.58. The average molecular weight is 241 g/mol. The number of rotatable bonds is 2. The molecule has 18 heavy (non-hydrogen) atoms. The van der Waals surface area contributed by atoms with Gasteiger partial charge in [-0.15, -0.1) is 5.10 Å². The fourth-order valence-corrected chi connectivity index (χ4v) is 2.15. The van der Waals surface area contributed by atoms with Gasteiger partial charge in [-0.3, -0.25) is 5.10 Å². The Bertz CT molecular complexity index is 722. The Hall–Kier alpha value is -2.44. The van der Waals surface area contributed by atoms with Gasteiger partial charge in [0, 0.05) is 12.2 Å². The van der Waals surface area contributed by atoms with Crippen LogP contribution < -0.4 is 5.73 Å². The smallest absolute Gasteiger partial charge is 0.239 e. The summed E-state index contributed by atoms with van der Waals surface area (Å²) in [4.78, 5) is 13.1. The van der Waals surface area contributed by atoms with Crippen molar-refractivity contribution in [3.8, 4) is 11.6 Å². The second-order valence-electron chi connectivity index (χ2n) is 4.42. The summed E-state index contributed by atoms with van der Waals surface area (Å²) in [6, 6.07) is 4.29. The van der Waals surface area contributed by atoms with E-state index in [2.05, 4.69) is 29.7 Å². The third-order valence-electron chi connectivity index (χ3n) is 3.08. The molecule has 1 fully saturated rings. The van der Waals surface area contributed by atoms with Crippen molar-refractivity contribution < 1.29 is 0 Å². The first-order valence-corrected chi connectivity index (χ1v) is 5.84. The molecular formula is C11H11N7. The lowest BCUT2D eigenvalue weighted by Crippen LogP contribution is -1.99. The molecule has 0 aliphatic heterocycles. The molecule has 0 aromatic carbocycles. The van der Waals surface area contributed by atoms with Crippen molar-refractivity contribution in [1.29, 1.82) is 0 Å². The lowest BCUT2D eigenvalue weighted by Gasteiger charge is -2.03. The molecule has 1 aliphatic rings. The van der Waals surface area contributed by atoms with Gasteiger partial charge in [-0.2, -0.15) is 4.98 Å². The van der Waals surface area contributed by atoms with Crippen molar-refractivity contribution in [2.24, 2.45) is 0 Å². The number of nitrogens with one attached hydrogen (secondary N) is 1. The molecule has 0 radical (unpaired) electrons. The second kappa shape index (κ2) is 3.28. The second-order valence-corrected chi connectivity index (χ2v) is 4.42. The maximum Gasteiger partial charge on any atom is 0.239 e. The highest BCUT2D eigenvalue weighted by atomic mass is 15.3. The number of aromatic amines is 1. The predicted octanol–water partition coefficient (Wildman–Crippen LogP) is 1.13. The SMILES string of the molecule is Nc1n[nH]c(-c2nc3cccnc3n2C2CC2)n1. The van der Waals surface area contributed by atoms with Gasteiger partial charge in [-0.05, 0) is 25.0 Å². The van der Waals surface area contributed by atoms with Crippen LogP contribution in [0.15, 0.2) is 18.3 Å². The molecule has 90 valence electrons. The summed E-state index contributed by atoms with van der Waals surface area (Å²) in [5.74, 6) is 1.58. The number of hydrogen-bond donors (Lipinski definition) is 2. The quantitative estimate of drug-likeness (QED) is 0.700. The average Bonchev–Trinajstić information content (AvgIpc) is 3.00. The monoisotopic (exact) mass is 241 g/mol. The Morgan fingerprint density at radius 2 is 2.22 bits per heavy atom. The minimum absolute atomic E-state index is 0.229. The number of imidazole rings is 1. The Morgan fingerprint density at radius 3 is 2.94 bits per heavy atom. The van der Waals surface area contributed by atoms with Crippen LogP contribution in [0.2, 0.25) is 0 Å². The molecule has 3 aromatic rings. The van der Waals surface area contributed by atoms with Crippen LogP contribution in [0, 0.1) is 0 Å². The van der Waals surface area contributed by atoms with Crippen molar-refractivity contribution in [1.82, 2.24) is 29.7 Å². The van der Waals surface area contributed by atoms with E-state index in [1.54, 1.807) is 6.20 Å². The molecular weight excluding hydrogens is 230 g/mol. The third-order valence-corrected chi connectivity index (χ3v) is 3.08. The van der Waals surface area contributed by atoms with Gasteiger partial charge in [0.1, 0.15) is 5.52 Å². The summed E-state index contributed by atoms with van der Waals surface area (Å²) in [5, 5.41) is 6.66. The minimum atomic E-state index is 0.229. The third kappa shape index (κ3) is 1.30. The van der Waals surface area contributed by atoms with Crippen molar-refractivity contribution in [2.45, 2.75) is 18.9 Å². The van der Waals surface area contributed by atoms with E-state index in [-0.39, 0.29) is 5.95 Å². The van der Waals surface area contributed by atoms with Crippen LogP contribution in [0.5, 0.6) is 0 Å². The first-order valence-electron chi connectivity index (χ1n) is 5.84. The van der Waals surface area contributed by atoms with Crippen molar-refractivity contribution in [3.05, 3.63) is 18.3 Å². The summed E-state index contributed by atoms with van der Waals surface area (Å²) in [5.41, 5.74) is 7.31. The van der Waals surface area contributed by atoms with E-state index in [9.17, 15) is 0 Å². The van der Waals surface area contributed by atoms with Gasteiger partial charge in [-0.1, -0.05) is 0 Å². The summed E-state index contributed by atoms with van der Waals surface area (Å²) < 4.78 is 2.12. The number of nitrogens with two attached hydrogens (primary N) is 1. The standard InChI is InChI=1S/C11H11N7/c12-11-15-8(16-17-11)10-14-7-2-1-5-13-9(7)18(10)6-3-4-6/h1-2,5-6H,3-4H2,(H3,12,15,16,17). The molecule has 4 rings (SSSR count). The Labute approximate surface area is 102 Å². The highest BCUT2D eigenvalue weighted by molar-refractivity contribution is 5.76. The summed E-state index contributed by atoms with van der Waals surface area (Å²) >= 11 is 0. The Morgan fingerprint density at radius 1 is 1.33 bits per heavy atom. The zero-order valence-electron chi connectivity index (χ0n) is 9.54. The molecule has 7 nitrogen and oxygen atoms in total. The molecule has 3 aromatic heterocycles. The zero-order chi connectivity index (χ0) is 12.1. The minimum Gasteiger partial charge on any atom is -0.366 e. The number of fused-ring (bicyclic) bond motifs is 1. The number of H-pyrrole nitrogens is 1. The van der Waals surface area contributed by atoms with E-state index in [0.717, 1.165) is 29.8 Å². The van der Waals surface area contributed by atoms with Crippen LogP contribution in [-0.4, -0.2) is 29.7 Å². The van der Waals surface area contributed by atoms with E-state index in [1.807, 2.05) is 12.1 Å². The molecule has 3 heterocycles. The van der Waals surface area contributed by atoms with Crippen LogP contribution >= 0.6 is 0 Å². The topological polar surface area (TPSA) is 98.3 Å². The molecule has 0 spiro atoms. The summed E-state index contributed by atoms with van der Waals surface area (Å²) in [6.07, 6.45) is 4.08. The summed E-state index contributed by atoms with van der Waals surface area (Å²) in [7, 11) is 0. The van der Waals surface area contributed by atoms with Gasteiger partial charge in [0.15, 0.2) is 17.3 Å². The first-order chi connectivity index (χ1) is 8.83. The molecule has 1 aliphatic carbocycles. The maximum atomic E-state index is 5.55. The van der Waals surface area contributed by atoms with Crippen molar-refractivity contribution >= 4 is 17.1 Å². The van der Waals surface area contributed by atoms with E-state index in [0.29, 0.717) is 11.9 Å². The number of nitrogens with zero attached hydrogens (tertiary/aromatic N) is 5. The number of pyridine rings is 1. The molecule has 7 heteroatoms. The fourth-order valence-electron chi connectivity index (χ4n) is 2.15. The normalized spacial score (nSPS) is 15.3. The Balaban J connectivity index is 2.01. The van der Waals surface area contributed by atoms with Crippen LogP contribution in [-0.2, 0) is 0 Å². The molecule has 0 amide bonds. The van der Waals surface area contributed by atoms with Gasteiger partial charge < -0.3 is 10.3 Å². The Kier molecular flexibility index (Phi) is 1.75. The van der Waals surface area contributed by atoms with Crippen molar-refractivity contribution in [3.63, 3.8) is 0 Å². The van der Waals surface area contributed by atoms with Crippen LogP contribution in [0.4, 0.5) is 5.95 Å². The van der Waals surface area contributed by atoms with Crippen LogP contribution in [0.3, 0.4) is 0 Å². The molecule has 3 N–H and O–H groups in total. The number of anilines is 1. The van der Waals surface area contributed by atoms with Gasteiger partial charge >= 0.3 is 0 Å². The van der Waals surface area contributed by atoms with E-state index in [4.69, 9.17) is 5.73 Å². The maximum absolute atomic E-state index is 5.55. The van der Waals surface area contributed by atoms with E-state index >= 15 is 0 Å². The highest BCUT2D eigenvalue weighted by Crippen LogP contribution is 2.40. The van der Waals surface area contributed by atoms with Gasteiger partial charge in [0.2, 0.25) is 5.95 Å². The molecule has 0 unspecified atom stereocenters. The summed E-state index contributed by atoms with van der Waals surface area (Å²) in [6.45, 7) is 0.